The minimum Gasteiger partial charge on any atom is -0.388 e. The second-order valence-electron chi connectivity index (χ2n) is 4.03. The predicted molar refractivity (Wildman–Crippen MR) is 62.6 cm³/mol. The van der Waals surface area contributed by atoms with Gasteiger partial charge in [-0.15, -0.1) is 5.10 Å². The molecule has 0 saturated heterocycles. The first-order valence-corrected chi connectivity index (χ1v) is 5.67. The molecule has 92 valence electrons. The zero-order valence-corrected chi connectivity index (χ0v) is 9.96. The van der Waals surface area contributed by atoms with Crippen molar-refractivity contribution in [1.29, 1.82) is 0 Å². The maximum atomic E-state index is 10.2. The molecule has 2 aromatic heterocycles. The average molecular weight is 236 g/mol. The molecular weight excluding hydrogens is 220 g/mol. The Balaban J connectivity index is 2.16. The van der Waals surface area contributed by atoms with Crippen LogP contribution in [0, 0.1) is 0 Å². The number of aliphatic hydroxyl groups is 1. The smallest absolute Gasteiger partial charge is 0.199 e. The van der Waals surface area contributed by atoms with E-state index in [0.717, 1.165) is 0 Å². The van der Waals surface area contributed by atoms with Gasteiger partial charge in [0, 0.05) is 6.54 Å². The lowest BCUT2D eigenvalue weighted by atomic mass is 9.98. The molecule has 0 aromatic carbocycles. The van der Waals surface area contributed by atoms with Crippen molar-refractivity contribution in [2.24, 2.45) is 0 Å². The van der Waals surface area contributed by atoms with Gasteiger partial charge in [-0.05, 0) is 23.3 Å². The van der Waals surface area contributed by atoms with Gasteiger partial charge in [0.25, 0.3) is 0 Å². The molecule has 2 rings (SSSR count). The lowest BCUT2D eigenvalue weighted by Gasteiger charge is -2.25. The van der Waals surface area contributed by atoms with Gasteiger partial charge in [0.1, 0.15) is 0 Å². The van der Waals surface area contributed by atoms with Crippen molar-refractivity contribution in [3.05, 3.63) is 12.4 Å². The fourth-order valence-corrected chi connectivity index (χ4v) is 1.55. The minimum absolute atomic E-state index is 0.445. The molecule has 0 atom stereocenters. The van der Waals surface area contributed by atoms with Crippen LogP contribution in [0.1, 0.15) is 26.7 Å². The standard InChI is InChI=1S/C10H16N6O/c1-3-10(17,4-2)7-12-8-5-11-6-9-13-14-15-16(8)9/h5-6,12,17H,3-4,7H2,1-2H3. The first-order valence-electron chi connectivity index (χ1n) is 5.67. The molecule has 2 heterocycles. The molecule has 0 unspecified atom stereocenters. The fourth-order valence-electron chi connectivity index (χ4n) is 1.55. The normalized spacial score (nSPS) is 11.9. The maximum absolute atomic E-state index is 10.2. The van der Waals surface area contributed by atoms with Crippen LogP contribution in [0.2, 0.25) is 0 Å². The van der Waals surface area contributed by atoms with Gasteiger partial charge < -0.3 is 10.4 Å². The molecule has 2 aromatic rings. The second kappa shape index (κ2) is 4.62. The summed E-state index contributed by atoms with van der Waals surface area (Å²) in [5, 5.41) is 24.5. The van der Waals surface area contributed by atoms with Gasteiger partial charge in [0.15, 0.2) is 11.5 Å². The summed E-state index contributed by atoms with van der Waals surface area (Å²) in [6.45, 7) is 4.36. The minimum atomic E-state index is -0.712. The molecule has 0 bridgehead atoms. The third kappa shape index (κ3) is 2.33. The van der Waals surface area contributed by atoms with E-state index in [-0.39, 0.29) is 0 Å². The highest BCUT2D eigenvalue weighted by Gasteiger charge is 2.22. The van der Waals surface area contributed by atoms with E-state index in [1.54, 1.807) is 16.9 Å². The monoisotopic (exact) mass is 236 g/mol. The molecular formula is C10H16N6O. The summed E-state index contributed by atoms with van der Waals surface area (Å²) in [5.74, 6) is 0.674. The first kappa shape index (κ1) is 11.7. The molecule has 7 nitrogen and oxygen atoms in total. The van der Waals surface area contributed by atoms with Gasteiger partial charge in [0.2, 0.25) is 0 Å². The van der Waals surface area contributed by atoms with Crippen LogP contribution in [-0.2, 0) is 0 Å². The van der Waals surface area contributed by atoms with Crippen LogP contribution in [-0.4, -0.2) is 42.3 Å². The van der Waals surface area contributed by atoms with Crippen molar-refractivity contribution in [2.45, 2.75) is 32.3 Å². The third-order valence-electron chi connectivity index (χ3n) is 3.02. The van der Waals surface area contributed by atoms with Gasteiger partial charge in [-0.2, -0.15) is 4.52 Å². The largest absolute Gasteiger partial charge is 0.388 e. The van der Waals surface area contributed by atoms with Crippen LogP contribution in [0.5, 0.6) is 0 Å². The van der Waals surface area contributed by atoms with E-state index in [4.69, 9.17) is 0 Å². The van der Waals surface area contributed by atoms with Crippen molar-refractivity contribution < 1.29 is 5.11 Å². The van der Waals surface area contributed by atoms with Crippen LogP contribution in [0.3, 0.4) is 0 Å². The van der Waals surface area contributed by atoms with Gasteiger partial charge in [0.05, 0.1) is 18.0 Å². The zero-order valence-electron chi connectivity index (χ0n) is 9.96. The highest BCUT2D eigenvalue weighted by Crippen LogP contribution is 2.16. The van der Waals surface area contributed by atoms with E-state index in [9.17, 15) is 5.11 Å². The Bertz CT molecular complexity index is 492. The Kier molecular flexibility index (Phi) is 3.19. The SMILES string of the molecule is CCC(O)(CC)CNc1cncc2nnnn12. The lowest BCUT2D eigenvalue weighted by molar-refractivity contribution is 0.0456. The Morgan fingerprint density at radius 3 is 2.82 bits per heavy atom. The summed E-state index contributed by atoms with van der Waals surface area (Å²) in [6, 6.07) is 0. The average Bonchev–Trinajstić information content (AvgIpc) is 2.84. The van der Waals surface area contributed by atoms with Crippen LogP contribution in [0.25, 0.3) is 5.65 Å². The summed E-state index contributed by atoms with van der Waals surface area (Å²) in [6.07, 6.45) is 4.59. The van der Waals surface area contributed by atoms with Crippen LogP contribution in [0.15, 0.2) is 12.4 Å². The molecule has 0 radical (unpaired) electrons. The summed E-state index contributed by atoms with van der Waals surface area (Å²) < 4.78 is 1.55. The van der Waals surface area contributed by atoms with Crippen molar-refractivity contribution in [2.75, 3.05) is 11.9 Å². The van der Waals surface area contributed by atoms with E-state index >= 15 is 0 Å². The molecule has 0 spiro atoms. The van der Waals surface area contributed by atoms with Crippen molar-refractivity contribution in [3.63, 3.8) is 0 Å². The molecule has 0 saturated carbocycles. The summed E-state index contributed by atoms with van der Waals surface area (Å²) in [7, 11) is 0. The van der Waals surface area contributed by atoms with Crippen molar-refractivity contribution in [3.8, 4) is 0 Å². The van der Waals surface area contributed by atoms with E-state index in [0.29, 0.717) is 30.9 Å². The molecule has 0 aliphatic carbocycles. The number of nitrogens with zero attached hydrogens (tertiary/aromatic N) is 5. The Labute approximate surface area is 98.9 Å². The van der Waals surface area contributed by atoms with Crippen LogP contribution >= 0.6 is 0 Å². The van der Waals surface area contributed by atoms with Gasteiger partial charge >= 0.3 is 0 Å². The van der Waals surface area contributed by atoms with E-state index in [1.165, 1.54) is 0 Å². The van der Waals surface area contributed by atoms with Crippen molar-refractivity contribution >= 4 is 11.5 Å². The first-order chi connectivity index (χ1) is 8.18. The summed E-state index contributed by atoms with van der Waals surface area (Å²) in [4.78, 5) is 4.03. The molecule has 2 N–H and O–H groups in total. The topological polar surface area (TPSA) is 88.2 Å². The van der Waals surface area contributed by atoms with Crippen LogP contribution < -0.4 is 5.32 Å². The van der Waals surface area contributed by atoms with Gasteiger partial charge in [-0.1, -0.05) is 13.8 Å². The zero-order chi connectivity index (χ0) is 12.3. The Morgan fingerprint density at radius 2 is 2.12 bits per heavy atom. The van der Waals surface area contributed by atoms with Crippen molar-refractivity contribution in [1.82, 2.24) is 25.0 Å². The highest BCUT2D eigenvalue weighted by molar-refractivity contribution is 5.43. The number of aromatic nitrogens is 5. The maximum Gasteiger partial charge on any atom is 0.199 e. The third-order valence-corrected chi connectivity index (χ3v) is 3.02. The van der Waals surface area contributed by atoms with Crippen LogP contribution in [0.4, 0.5) is 5.82 Å². The number of anilines is 1. The fraction of sp³-hybridized carbons (Fsp3) is 0.600. The van der Waals surface area contributed by atoms with E-state index in [1.807, 2.05) is 13.8 Å². The second-order valence-corrected chi connectivity index (χ2v) is 4.03. The molecule has 0 aliphatic rings. The molecule has 17 heavy (non-hydrogen) atoms. The predicted octanol–water partition coefficient (Wildman–Crippen LogP) is 0.482. The van der Waals surface area contributed by atoms with Gasteiger partial charge in [-0.3, -0.25) is 4.98 Å². The number of tetrazole rings is 1. The molecule has 0 fully saturated rings. The quantitative estimate of drug-likeness (QED) is 0.785. The number of hydrogen-bond donors (Lipinski definition) is 2. The number of hydrogen-bond acceptors (Lipinski definition) is 6. The molecule has 0 amide bonds. The van der Waals surface area contributed by atoms with Gasteiger partial charge in [-0.25, -0.2) is 0 Å². The lowest BCUT2D eigenvalue weighted by Crippen LogP contribution is -2.35. The number of rotatable bonds is 5. The van der Waals surface area contributed by atoms with E-state index in [2.05, 4.69) is 25.8 Å². The molecule has 0 aliphatic heterocycles. The van der Waals surface area contributed by atoms with E-state index < -0.39 is 5.60 Å². The Morgan fingerprint density at radius 1 is 1.35 bits per heavy atom. The summed E-state index contributed by atoms with van der Waals surface area (Å²) in [5.41, 5.74) is -0.137. The highest BCUT2D eigenvalue weighted by atomic mass is 16.3. The Hall–Kier alpha value is -1.76. The number of fused-ring (bicyclic) bond motifs is 1. The summed E-state index contributed by atoms with van der Waals surface area (Å²) >= 11 is 0. The molecule has 7 heteroatoms. The number of nitrogens with one attached hydrogen (secondary N) is 1.